The van der Waals surface area contributed by atoms with Crippen LogP contribution < -0.4 is 15.6 Å². The fraction of sp³-hybridized carbons (Fsp3) is 0.565. The normalized spacial score (nSPS) is 17.4. The fourth-order valence-corrected chi connectivity index (χ4v) is 4.21. The zero-order chi connectivity index (χ0) is 20.6. The monoisotopic (exact) mass is 399 g/mol. The molecule has 29 heavy (non-hydrogen) atoms. The third kappa shape index (κ3) is 5.82. The van der Waals surface area contributed by atoms with Crippen LogP contribution in [0.25, 0.3) is 10.9 Å². The van der Waals surface area contributed by atoms with Crippen LogP contribution in [0.15, 0.2) is 29.1 Å². The summed E-state index contributed by atoms with van der Waals surface area (Å²) in [5, 5.41) is 3.91. The lowest BCUT2D eigenvalue weighted by atomic mass is 10.00. The van der Waals surface area contributed by atoms with E-state index in [-0.39, 0.29) is 11.5 Å². The molecule has 1 aliphatic rings. The van der Waals surface area contributed by atoms with Crippen molar-refractivity contribution < 1.29 is 9.53 Å². The van der Waals surface area contributed by atoms with Gasteiger partial charge < -0.3 is 19.9 Å². The molecule has 0 spiro atoms. The second-order valence-corrected chi connectivity index (χ2v) is 7.87. The van der Waals surface area contributed by atoms with Crippen molar-refractivity contribution >= 4 is 16.8 Å². The molecule has 6 heteroatoms. The molecule has 2 N–H and O–H groups in total. The number of H-pyrrole nitrogens is 1. The first-order valence-corrected chi connectivity index (χ1v) is 10.8. The Hall–Kier alpha value is -2.34. The van der Waals surface area contributed by atoms with Crippen LogP contribution in [0.3, 0.4) is 0 Å². The Bertz CT molecular complexity index is 877. The molecular formula is C23H33N3O3. The molecule has 0 aliphatic carbocycles. The van der Waals surface area contributed by atoms with Gasteiger partial charge in [-0.3, -0.25) is 9.59 Å². The van der Waals surface area contributed by atoms with Gasteiger partial charge in [-0.25, -0.2) is 0 Å². The first-order valence-electron chi connectivity index (χ1n) is 10.8. The summed E-state index contributed by atoms with van der Waals surface area (Å²) in [6.07, 6.45) is 6.85. The summed E-state index contributed by atoms with van der Waals surface area (Å²) in [5.41, 5.74) is 1.26. The number of nitrogens with one attached hydrogen (secondary N) is 2. The fourth-order valence-electron chi connectivity index (χ4n) is 4.21. The van der Waals surface area contributed by atoms with Crippen molar-refractivity contribution in [2.24, 2.45) is 0 Å². The minimum Gasteiger partial charge on any atom is -0.497 e. The molecule has 1 amide bonds. The maximum Gasteiger partial charge on any atom is 0.251 e. The molecule has 0 saturated carbocycles. The number of methoxy groups -OCH3 is 1. The van der Waals surface area contributed by atoms with Gasteiger partial charge >= 0.3 is 0 Å². The second kappa shape index (κ2) is 10.4. The molecule has 1 aromatic carbocycles. The number of rotatable bonds is 9. The van der Waals surface area contributed by atoms with Gasteiger partial charge in [0.25, 0.3) is 5.56 Å². The molecule has 1 aliphatic heterocycles. The SMILES string of the molecule is CCC1CCCCN1CCCNC(=O)CCc1cc2cc(OC)ccc2[nH]c1=O. The number of hydrogen-bond donors (Lipinski definition) is 2. The number of hydrogen-bond acceptors (Lipinski definition) is 4. The van der Waals surface area contributed by atoms with Gasteiger partial charge in [0.2, 0.25) is 5.91 Å². The van der Waals surface area contributed by atoms with Crippen molar-refractivity contribution in [3.8, 4) is 5.75 Å². The molecule has 1 aromatic heterocycles. The molecule has 158 valence electrons. The highest BCUT2D eigenvalue weighted by Crippen LogP contribution is 2.20. The number of carbonyl (C=O) groups is 1. The number of ether oxygens (including phenoxy) is 1. The highest BCUT2D eigenvalue weighted by atomic mass is 16.5. The standard InChI is InChI=1S/C23H33N3O3/c1-3-19-7-4-5-13-26(19)14-6-12-24-22(27)11-8-17-15-18-16-20(29-2)9-10-21(18)25-23(17)28/h9-10,15-16,19H,3-8,11-14H2,1-2H3,(H,24,27)(H,25,28). The van der Waals surface area contributed by atoms with Gasteiger partial charge in [0.05, 0.1) is 7.11 Å². The molecule has 1 saturated heterocycles. The van der Waals surface area contributed by atoms with E-state index in [9.17, 15) is 9.59 Å². The van der Waals surface area contributed by atoms with E-state index in [2.05, 4.69) is 22.1 Å². The van der Waals surface area contributed by atoms with Gasteiger partial charge in [-0.2, -0.15) is 0 Å². The summed E-state index contributed by atoms with van der Waals surface area (Å²) < 4.78 is 5.24. The zero-order valence-corrected chi connectivity index (χ0v) is 17.6. The van der Waals surface area contributed by atoms with Crippen LogP contribution in [0.5, 0.6) is 5.75 Å². The average molecular weight is 400 g/mol. The Morgan fingerprint density at radius 1 is 1.31 bits per heavy atom. The van der Waals surface area contributed by atoms with Crippen molar-refractivity contribution in [3.05, 3.63) is 40.2 Å². The van der Waals surface area contributed by atoms with E-state index in [4.69, 9.17) is 4.74 Å². The van der Waals surface area contributed by atoms with Crippen LogP contribution >= 0.6 is 0 Å². The number of benzene rings is 1. The Kier molecular flexibility index (Phi) is 7.69. The predicted molar refractivity (Wildman–Crippen MR) is 117 cm³/mol. The molecule has 2 aromatic rings. The number of fused-ring (bicyclic) bond motifs is 1. The van der Waals surface area contributed by atoms with Gasteiger partial charge in [-0.05, 0) is 62.9 Å². The number of piperidine rings is 1. The number of amides is 1. The van der Waals surface area contributed by atoms with Crippen molar-refractivity contribution in [2.75, 3.05) is 26.7 Å². The summed E-state index contributed by atoms with van der Waals surface area (Å²) in [6.45, 7) is 5.18. The minimum absolute atomic E-state index is 0.000764. The maximum atomic E-state index is 12.3. The Balaban J connectivity index is 1.45. The lowest BCUT2D eigenvalue weighted by Gasteiger charge is -2.35. The lowest BCUT2D eigenvalue weighted by molar-refractivity contribution is -0.121. The molecule has 1 atom stereocenters. The number of aromatic amines is 1. The van der Waals surface area contributed by atoms with Crippen molar-refractivity contribution in [1.29, 1.82) is 0 Å². The van der Waals surface area contributed by atoms with E-state index in [0.717, 1.165) is 29.6 Å². The highest BCUT2D eigenvalue weighted by molar-refractivity contribution is 5.81. The number of carbonyl (C=O) groups excluding carboxylic acids is 1. The topological polar surface area (TPSA) is 74.4 Å². The second-order valence-electron chi connectivity index (χ2n) is 7.87. The molecule has 1 unspecified atom stereocenters. The smallest absolute Gasteiger partial charge is 0.251 e. The van der Waals surface area contributed by atoms with Crippen LogP contribution in [0.2, 0.25) is 0 Å². The van der Waals surface area contributed by atoms with E-state index >= 15 is 0 Å². The molecule has 0 radical (unpaired) electrons. The van der Waals surface area contributed by atoms with Crippen molar-refractivity contribution in [1.82, 2.24) is 15.2 Å². The molecule has 6 nitrogen and oxygen atoms in total. The van der Waals surface area contributed by atoms with Crippen molar-refractivity contribution in [3.63, 3.8) is 0 Å². The number of nitrogens with zero attached hydrogens (tertiary/aromatic N) is 1. The van der Waals surface area contributed by atoms with Crippen molar-refractivity contribution in [2.45, 2.75) is 57.9 Å². The zero-order valence-electron chi connectivity index (χ0n) is 17.6. The molecule has 1 fully saturated rings. The van der Waals surface area contributed by atoms with Crippen LogP contribution in [0.4, 0.5) is 0 Å². The van der Waals surface area contributed by atoms with Gasteiger partial charge in [0.1, 0.15) is 5.75 Å². The van der Waals surface area contributed by atoms with Crippen LogP contribution in [0, 0.1) is 0 Å². The highest BCUT2D eigenvalue weighted by Gasteiger charge is 2.19. The third-order valence-corrected chi connectivity index (χ3v) is 5.91. The molecule has 2 heterocycles. The summed E-state index contributed by atoms with van der Waals surface area (Å²) in [4.78, 5) is 29.9. The summed E-state index contributed by atoms with van der Waals surface area (Å²) in [7, 11) is 1.62. The number of aryl methyl sites for hydroxylation is 1. The van der Waals surface area contributed by atoms with Gasteiger partial charge in [-0.15, -0.1) is 0 Å². The van der Waals surface area contributed by atoms with E-state index < -0.39 is 0 Å². The van der Waals surface area contributed by atoms with E-state index in [0.29, 0.717) is 31.0 Å². The first kappa shape index (κ1) is 21.4. The van der Waals surface area contributed by atoms with E-state index in [1.54, 1.807) is 7.11 Å². The number of aromatic nitrogens is 1. The lowest BCUT2D eigenvalue weighted by Crippen LogP contribution is -2.40. The Labute approximate surface area is 172 Å². The largest absolute Gasteiger partial charge is 0.497 e. The predicted octanol–water partition coefficient (Wildman–Crippen LogP) is 3.24. The summed E-state index contributed by atoms with van der Waals surface area (Å²) in [6, 6.07) is 8.09. The summed E-state index contributed by atoms with van der Waals surface area (Å²) in [5.74, 6) is 0.744. The van der Waals surface area contributed by atoms with Gasteiger partial charge in [-0.1, -0.05) is 13.3 Å². The molecule has 3 rings (SSSR count). The van der Waals surface area contributed by atoms with Gasteiger partial charge in [0, 0.05) is 42.0 Å². The van der Waals surface area contributed by atoms with Gasteiger partial charge in [0.15, 0.2) is 0 Å². The van der Waals surface area contributed by atoms with Crippen LogP contribution in [-0.2, 0) is 11.2 Å². The number of likely N-dealkylation sites (tertiary alicyclic amines) is 1. The van der Waals surface area contributed by atoms with Crippen LogP contribution in [0.1, 0.15) is 51.0 Å². The third-order valence-electron chi connectivity index (χ3n) is 5.91. The Morgan fingerprint density at radius 3 is 2.97 bits per heavy atom. The van der Waals surface area contributed by atoms with E-state index in [1.165, 1.54) is 32.2 Å². The first-order chi connectivity index (χ1) is 14.1. The number of pyridine rings is 1. The Morgan fingerprint density at radius 2 is 2.17 bits per heavy atom. The summed E-state index contributed by atoms with van der Waals surface area (Å²) >= 11 is 0. The molecule has 0 bridgehead atoms. The maximum absolute atomic E-state index is 12.3. The van der Waals surface area contributed by atoms with E-state index in [1.807, 2.05) is 24.3 Å². The average Bonchev–Trinajstić information content (AvgIpc) is 2.75. The quantitative estimate of drug-likeness (QED) is 0.635. The van der Waals surface area contributed by atoms with Crippen LogP contribution in [-0.4, -0.2) is 48.6 Å². The molecular weight excluding hydrogens is 366 g/mol. The minimum atomic E-state index is -0.133.